The van der Waals surface area contributed by atoms with Crippen LogP contribution in [0.1, 0.15) is 12.0 Å². The fourth-order valence-corrected chi connectivity index (χ4v) is 4.82. The van der Waals surface area contributed by atoms with E-state index in [4.69, 9.17) is 0 Å². The van der Waals surface area contributed by atoms with E-state index in [0.29, 0.717) is 13.1 Å². The molecule has 1 aromatic heterocycles. The van der Waals surface area contributed by atoms with Gasteiger partial charge in [0.1, 0.15) is 0 Å². The van der Waals surface area contributed by atoms with Crippen LogP contribution in [0.5, 0.6) is 0 Å². The van der Waals surface area contributed by atoms with E-state index in [1.807, 2.05) is 52.1 Å². The van der Waals surface area contributed by atoms with Gasteiger partial charge in [-0.05, 0) is 48.0 Å². The van der Waals surface area contributed by atoms with Crippen LogP contribution in [0.2, 0.25) is 0 Å². The highest BCUT2D eigenvalue weighted by molar-refractivity contribution is 7.07. The summed E-state index contributed by atoms with van der Waals surface area (Å²) in [6.07, 6.45) is 0.756. The molecule has 0 saturated carbocycles. The zero-order valence-corrected chi connectivity index (χ0v) is 17.7. The molecular formula is C22H28N4O2S. The Balaban J connectivity index is 1.26. The number of piperazine rings is 1. The van der Waals surface area contributed by atoms with Gasteiger partial charge in [0, 0.05) is 45.0 Å². The van der Waals surface area contributed by atoms with E-state index in [1.165, 1.54) is 5.56 Å². The number of hydrogen-bond donors (Lipinski definition) is 0. The Morgan fingerprint density at radius 1 is 1.10 bits per heavy atom. The molecule has 0 bridgehead atoms. The number of anilines is 1. The van der Waals surface area contributed by atoms with Crippen molar-refractivity contribution < 1.29 is 9.59 Å². The number of benzene rings is 1. The van der Waals surface area contributed by atoms with Crippen molar-refractivity contribution in [1.82, 2.24) is 14.7 Å². The Labute approximate surface area is 176 Å². The second kappa shape index (κ2) is 9.07. The number of thiophene rings is 1. The highest BCUT2D eigenvalue weighted by Gasteiger charge is 2.36. The fourth-order valence-electron chi connectivity index (χ4n) is 4.16. The van der Waals surface area contributed by atoms with Gasteiger partial charge in [0.2, 0.25) is 11.8 Å². The largest absolute Gasteiger partial charge is 0.339 e. The first-order valence-electron chi connectivity index (χ1n) is 10.2. The predicted octanol–water partition coefficient (Wildman–Crippen LogP) is 2.13. The van der Waals surface area contributed by atoms with Gasteiger partial charge in [-0.15, -0.1) is 0 Å². The van der Waals surface area contributed by atoms with Crippen LogP contribution in [0.3, 0.4) is 0 Å². The topological polar surface area (TPSA) is 47.1 Å². The molecule has 3 heterocycles. The Bertz CT molecular complexity index is 819. The number of para-hydroxylation sites is 1. The second-order valence-electron chi connectivity index (χ2n) is 7.83. The third kappa shape index (κ3) is 4.69. The van der Waals surface area contributed by atoms with Gasteiger partial charge in [-0.25, -0.2) is 0 Å². The van der Waals surface area contributed by atoms with Crippen molar-refractivity contribution in [2.24, 2.45) is 0 Å². The van der Waals surface area contributed by atoms with Crippen molar-refractivity contribution >= 4 is 28.8 Å². The number of likely N-dealkylation sites (N-methyl/N-ethyl adjacent to an activating group) is 1. The zero-order valence-electron chi connectivity index (χ0n) is 16.9. The van der Waals surface area contributed by atoms with E-state index in [2.05, 4.69) is 21.7 Å². The summed E-state index contributed by atoms with van der Waals surface area (Å²) in [5.41, 5.74) is 2.28. The molecule has 2 amide bonds. The molecule has 0 radical (unpaired) electrons. The summed E-state index contributed by atoms with van der Waals surface area (Å²) in [6.45, 7) is 5.26. The van der Waals surface area contributed by atoms with Gasteiger partial charge in [0.15, 0.2) is 0 Å². The van der Waals surface area contributed by atoms with Crippen LogP contribution in [0.25, 0.3) is 0 Å². The van der Waals surface area contributed by atoms with Crippen LogP contribution in [0.15, 0.2) is 47.2 Å². The quantitative estimate of drug-likeness (QED) is 0.729. The molecule has 7 heteroatoms. The highest BCUT2D eigenvalue weighted by atomic mass is 32.1. The number of rotatable bonds is 6. The Hall–Kier alpha value is -2.22. The van der Waals surface area contributed by atoms with Crippen molar-refractivity contribution in [3.05, 3.63) is 52.7 Å². The summed E-state index contributed by atoms with van der Waals surface area (Å²) < 4.78 is 0. The second-order valence-corrected chi connectivity index (χ2v) is 8.61. The molecule has 0 aliphatic carbocycles. The Morgan fingerprint density at radius 3 is 2.55 bits per heavy atom. The van der Waals surface area contributed by atoms with Crippen molar-refractivity contribution in [2.75, 3.05) is 51.2 Å². The average Bonchev–Trinajstić information content (AvgIpc) is 3.38. The van der Waals surface area contributed by atoms with E-state index in [0.717, 1.165) is 44.8 Å². The van der Waals surface area contributed by atoms with Gasteiger partial charge < -0.3 is 9.80 Å². The van der Waals surface area contributed by atoms with Gasteiger partial charge in [-0.1, -0.05) is 18.2 Å². The van der Waals surface area contributed by atoms with Crippen LogP contribution >= 0.6 is 11.3 Å². The normalized spacial score (nSPS) is 20.6. The maximum Gasteiger partial charge on any atom is 0.244 e. The minimum absolute atomic E-state index is 0.0899. The number of hydrogen-bond acceptors (Lipinski definition) is 5. The van der Waals surface area contributed by atoms with Crippen LogP contribution in [0, 0.1) is 0 Å². The molecule has 4 rings (SSSR count). The van der Waals surface area contributed by atoms with Crippen molar-refractivity contribution in [3.63, 3.8) is 0 Å². The summed E-state index contributed by atoms with van der Waals surface area (Å²) in [5, 5.41) is 4.29. The minimum atomic E-state index is -0.223. The molecule has 6 nitrogen and oxygen atoms in total. The summed E-state index contributed by atoms with van der Waals surface area (Å²) in [5.74, 6) is 0.209. The Kier molecular flexibility index (Phi) is 6.28. The van der Waals surface area contributed by atoms with Gasteiger partial charge in [0.05, 0.1) is 12.6 Å². The molecule has 29 heavy (non-hydrogen) atoms. The number of carbonyl (C=O) groups excluding carboxylic acids is 2. The number of nitrogens with zero attached hydrogens (tertiary/aromatic N) is 4. The van der Waals surface area contributed by atoms with Gasteiger partial charge in [0.25, 0.3) is 0 Å². The molecule has 2 saturated heterocycles. The molecule has 2 aliphatic heterocycles. The number of amides is 2. The fraction of sp³-hybridized carbons (Fsp3) is 0.455. The molecule has 0 N–H and O–H groups in total. The SMILES string of the molecule is CN(CC(=O)N1CCN(Cc2ccsc2)CC1)C1CCN(c2ccccc2)C1=O. The van der Waals surface area contributed by atoms with Gasteiger partial charge in [-0.3, -0.25) is 19.4 Å². The summed E-state index contributed by atoms with van der Waals surface area (Å²) in [7, 11) is 1.89. The lowest BCUT2D eigenvalue weighted by atomic mass is 10.2. The first-order valence-corrected chi connectivity index (χ1v) is 11.1. The lowest BCUT2D eigenvalue weighted by Crippen LogP contribution is -2.52. The molecule has 2 fully saturated rings. The first-order chi connectivity index (χ1) is 14.1. The molecule has 1 atom stereocenters. The molecule has 2 aromatic rings. The lowest BCUT2D eigenvalue weighted by Gasteiger charge is -2.35. The minimum Gasteiger partial charge on any atom is -0.339 e. The third-order valence-corrected chi connectivity index (χ3v) is 6.61. The van der Waals surface area contributed by atoms with Gasteiger partial charge >= 0.3 is 0 Å². The summed E-state index contributed by atoms with van der Waals surface area (Å²) in [4.78, 5) is 33.7. The van der Waals surface area contributed by atoms with E-state index >= 15 is 0 Å². The molecular weight excluding hydrogens is 384 g/mol. The highest BCUT2D eigenvalue weighted by Crippen LogP contribution is 2.23. The zero-order chi connectivity index (χ0) is 20.2. The van der Waals surface area contributed by atoms with Crippen LogP contribution in [-0.4, -0.2) is 78.9 Å². The average molecular weight is 413 g/mol. The van der Waals surface area contributed by atoms with Crippen LogP contribution in [-0.2, 0) is 16.1 Å². The van der Waals surface area contributed by atoms with E-state index in [-0.39, 0.29) is 17.9 Å². The predicted molar refractivity (Wildman–Crippen MR) is 116 cm³/mol. The van der Waals surface area contributed by atoms with Crippen LogP contribution < -0.4 is 4.90 Å². The Morgan fingerprint density at radius 2 is 1.86 bits per heavy atom. The molecule has 154 valence electrons. The van der Waals surface area contributed by atoms with Crippen molar-refractivity contribution in [1.29, 1.82) is 0 Å². The van der Waals surface area contributed by atoms with E-state index < -0.39 is 0 Å². The maximum absolute atomic E-state index is 12.9. The van der Waals surface area contributed by atoms with E-state index in [1.54, 1.807) is 11.3 Å². The molecule has 1 unspecified atom stereocenters. The van der Waals surface area contributed by atoms with Crippen LogP contribution in [0.4, 0.5) is 5.69 Å². The number of carbonyl (C=O) groups is 2. The standard InChI is InChI=1S/C22H28N4O2S/c1-23(20-7-9-26(22(20)28)19-5-3-2-4-6-19)16-21(27)25-12-10-24(11-13-25)15-18-8-14-29-17-18/h2-6,8,14,17,20H,7,9-13,15-16H2,1H3. The summed E-state index contributed by atoms with van der Waals surface area (Å²) >= 11 is 1.72. The van der Waals surface area contributed by atoms with Crippen molar-refractivity contribution in [3.8, 4) is 0 Å². The third-order valence-electron chi connectivity index (χ3n) is 5.87. The van der Waals surface area contributed by atoms with E-state index in [9.17, 15) is 9.59 Å². The van der Waals surface area contributed by atoms with Crippen molar-refractivity contribution in [2.45, 2.75) is 19.0 Å². The lowest BCUT2D eigenvalue weighted by molar-refractivity contribution is -0.135. The molecule has 1 aromatic carbocycles. The smallest absolute Gasteiger partial charge is 0.244 e. The molecule has 2 aliphatic rings. The first kappa shape index (κ1) is 20.1. The monoisotopic (exact) mass is 412 g/mol. The summed E-state index contributed by atoms with van der Waals surface area (Å²) in [6, 6.07) is 11.7. The van der Waals surface area contributed by atoms with Gasteiger partial charge in [-0.2, -0.15) is 11.3 Å². The maximum atomic E-state index is 12.9. The molecule has 0 spiro atoms.